The summed E-state index contributed by atoms with van der Waals surface area (Å²) in [6.45, 7) is 1.87. The fourth-order valence-electron chi connectivity index (χ4n) is 2.22. The van der Waals surface area contributed by atoms with Gasteiger partial charge in [0.1, 0.15) is 5.15 Å². The first-order valence-corrected chi connectivity index (χ1v) is 7.55. The third-order valence-electron chi connectivity index (χ3n) is 2.95. The van der Waals surface area contributed by atoms with Crippen LogP contribution in [0.2, 0.25) is 5.15 Å². The predicted octanol–water partition coefficient (Wildman–Crippen LogP) is 1.70. The van der Waals surface area contributed by atoms with Crippen molar-refractivity contribution in [2.24, 2.45) is 5.92 Å². The van der Waals surface area contributed by atoms with Crippen LogP contribution in [0.3, 0.4) is 0 Å². The van der Waals surface area contributed by atoms with E-state index in [0.29, 0.717) is 16.5 Å². The second-order valence-electron chi connectivity index (χ2n) is 4.52. The number of aromatic nitrogens is 1. The maximum atomic E-state index is 12.6. The number of nitrogens with zero attached hydrogens (tertiary/aromatic N) is 2. The van der Waals surface area contributed by atoms with E-state index in [1.54, 1.807) is 19.1 Å². The average molecular weight is 307 g/mol. The Morgan fingerprint density at radius 2 is 2.21 bits per heavy atom. The van der Waals surface area contributed by atoms with Gasteiger partial charge in [0.15, 0.2) is 0 Å². The van der Waals surface area contributed by atoms with Crippen molar-refractivity contribution in [3.8, 4) is 0 Å². The lowest BCUT2D eigenvalue weighted by Gasteiger charge is -2.18. The molecule has 1 aromatic rings. The molecule has 1 atom stereocenters. The van der Waals surface area contributed by atoms with E-state index in [0.717, 1.165) is 0 Å². The van der Waals surface area contributed by atoms with Gasteiger partial charge in [0.25, 0.3) is 0 Å². The molecule has 0 aliphatic carbocycles. The van der Waals surface area contributed by atoms with Gasteiger partial charge in [-0.2, -0.15) is 8.42 Å². The van der Waals surface area contributed by atoms with E-state index in [1.807, 2.05) is 0 Å². The van der Waals surface area contributed by atoms with Crippen molar-refractivity contribution in [1.82, 2.24) is 4.98 Å². The minimum absolute atomic E-state index is 0.0191. The molecule has 0 aromatic carbocycles. The number of hydrogen-bond acceptors (Lipinski definition) is 4. The normalized spacial score (nSPS) is 20.1. The van der Waals surface area contributed by atoms with Crippen LogP contribution in [0.15, 0.2) is 12.1 Å². The first kappa shape index (κ1) is 14.2. The number of hydrogen-bond donors (Lipinski definition) is 0. The van der Waals surface area contributed by atoms with E-state index in [2.05, 4.69) is 4.98 Å². The van der Waals surface area contributed by atoms with Crippen molar-refractivity contribution in [1.29, 1.82) is 0 Å². The highest BCUT2D eigenvalue weighted by molar-refractivity contribution is 7.86. The Kier molecular flexibility index (Phi) is 3.78. The summed E-state index contributed by atoms with van der Waals surface area (Å²) < 4.78 is 33.9. The van der Waals surface area contributed by atoms with Gasteiger partial charge in [0.05, 0.1) is 17.1 Å². The number of anilines is 1. The minimum Gasteiger partial charge on any atom is -0.310 e. The average Bonchev–Trinajstić information content (AvgIpc) is 2.56. The van der Waals surface area contributed by atoms with Gasteiger partial charge in [0, 0.05) is 18.9 Å². The zero-order valence-corrected chi connectivity index (χ0v) is 11.7. The molecule has 0 radical (unpaired) electrons. The Labute approximate surface area is 115 Å². The number of carbonyl (C=O) groups is 1. The first-order valence-electron chi connectivity index (χ1n) is 5.62. The van der Waals surface area contributed by atoms with Gasteiger partial charge in [-0.25, -0.2) is 4.98 Å². The summed E-state index contributed by atoms with van der Waals surface area (Å²) in [5, 5.41) is 0.316. The molecular weight excluding hydrogens is 295 g/mol. The van der Waals surface area contributed by atoms with Crippen LogP contribution in [0.1, 0.15) is 12.1 Å². The topological polar surface area (TPSA) is 67.3 Å². The van der Waals surface area contributed by atoms with Crippen LogP contribution in [-0.2, 0) is 15.0 Å². The third kappa shape index (κ3) is 3.42. The molecule has 0 saturated carbocycles. The molecule has 2 rings (SSSR count). The Hall–Kier alpha value is -1.21. The van der Waals surface area contributed by atoms with E-state index in [9.17, 15) is 17.1 Å². The van der Waals surface area contributed by atoms with E-state index in [-0.39, 0.29) is 18.9 Å². The van der Waals surface area contributed by atoms with Crippen molar-refractivity contribution in [3.63, 3.8) is 0 Å². The van der Waals surface area contributed by atoms with E-state index < -0.39 is 21.9 Å². The van der Waals surface area contributed by atoms with Gasteiger partial charge in [0.2, 0.25) is 5.91 Å². The molecule has 1 fully saturated rings. The van der Waals surface area contributed by atoms with Gasteiger partial charge < -0.3 is 4.90 Å². The van der Waals surface area contributed by atoms with E-state index >= 15 is 0 Å². The van der Waals surface area contributed by atoms with Crippen LogP contribution in [-0.4, -0.2) is 31.6 Å². The minimum atomic E-state index is -4.57. The summed E-state index contributed by atoms with van der Waals surface area (Å²) in [6, 6.07) is 3.20. The van der Waals surface area contributed by atoms with Crippen LogP contribution in [0.25, 0.3) is 0 Å². The molecular formula is C11H12ClFN2O3S. The highest BCUT2D eigenvalue weighted by atomic mass is 35.5. The third-order valence-corrected chi connectivity index (χ3v) is 4.03. The van der Waals surface area contributed by atoms with Crippen LogP contribution in [0, 0.1) is 12.8 Å². The maximum Gasteiger partial charge on any atom is 0.302 e. The number of carbonyl (C=O) groups excluding carboxylic acids is 1. The van der Waals surface area contributed by atoms with Crippen molar-refractivity contribution in [2.75, 3.05) is 17.2 Å². The molecule has 1 unspecified atom stereocenters. The van der Waals surface area contributed by atoms with Crippen molar-refractivity contribution in [3.05, 3.63) is 23.0 Å². The zero-order valence-electron chi connectivity index (χ0n) is 10.1. The molecule has 1 aliphatic heterocycles. The molecule has 104 valence electrons. The monoisotopic (exact) mass is 306 g/mol. The molecule has 5 nitrogen and oxygen atoms in total. The van der Waals surface area contributed by atoms with Gasteiger partial charge in [-0.15, -0.1) is 3.89 Å². The molecule has 0 bridgehead atoms. The molecule has 1 amide bonds. The number of halogens is 2. The SMILES string of the molecule is Cc1nc(Cl)ccc1N1CC(CS(=O)(=O)F)CC1=O. The maximum absolute atomic E-state index is 12.6. The predicted molar refractivity (Wildman–Crippen MR) is 69.3 cm³/mol. The summed E-state index contributed by atoms with van der Waals surface area (Å²) in [7, 11) is -4.57. The van der Waals surface area contributed by atoms with Gasteiger partial charge >= 0.3 is 10.2 Å². The lowest BCUT2D eigenvalue weighted by molar-refractivity contribution is -0.117. The summed E-state index contributed by atoms with van der Waals surface area (Å²) in [4.78, 5) is 17.3. The number of pyridine rings is 1. The molecule has 1 aromatic heterocycles. The molecule has 2 heterocycles. The lowest BCUT2D eigenvalue weighted by Crippen LogP contribution is -2.26. The molecule has 0 spiro atoms. The Balaban J connectivity index is 2.20. The largest absolute Gasteiger partial charge is 0.310 e. The fraction of sp³-hybridized carbons (Fsp3) is 0.455. The second-order valence-corrected chi connectivity index (χ2v) is 6.32. The summed E-state index contributed by atoms with van der Waals surface area (Å²) >= 11 is 5.73. The van der Waals surface area contributed by atoms with Crippen LogP contribution in [0.4, 0.5) is 9.57 Å². The lowest BCUT2D eigenvalue weighted by atomic mass is 10.1. The molecule has 1 aliphatic rings. The summed E-state index contributed by atoms with van der Waals surface area (Å²) in [6.07, 6.45) is 0.0191. The van der Waals surface area contributed by atoms with Gasteiger partial charge in [-0.1, -0.05) is 11.6 Å². The number of rotatable bonds is 3. The fourth-order valence-corrected chi connectivity index (χ4v) is 3.19. The summed E-state index contributed by atoms with van der Waals surface area (Å²) in [5.74, 6) is -1.39. The molecule has 19 heavy (non-hydrogen) atoms. The highest BCUT2D eigenvalue weighted by Crippen LogP contribution is 2.28. The van der Waals surface area contributed by atoms with Crippen molar-refractivity contribution >= 4 is 33.4 Å². The van der Waals surface area contributed by atoms with Crippen molar-refractivity contribution in [2.45, 2.75) is 13.3 Å². The van der Waals surface area contributed by atoms with Crippen LogP contribution < -0.4 is 4.90 Å². The first-order chi connectivity index (χ1) is 8.76. The van der Waals surface area contributed by atoms with Gasteiger partial charge in [-0.3, -0.25) is 4.79 Å². The molecule has 0 N–H and O–H groups in total. The van der Waals surface area contributed by atoms with Crippen LogP contribution >= 0.6 is 11.6 Å². The quantitative estimate of drug-likeness (QED) is 0.629. The number of aryl methyl sites for hydroxylation is 1. The molecule has 8 heteroatoms. The smallest absolute Gasteiger partial charge is 0.302 e. The zero-order chi connectivity index (χ0) is 14.2. The highest BCUT2D eigenvalue weighted by Gasteiger charge is 2.34. The van der Waals surface area contributed by atoms with Gasteiger partial charge in [-0.05, 0) is 19.1 Å². The Bertz CT molecular complexity index is 620. The van der Waals surface area contributed by atoms with Crippen LogP contribution in [0.5, 0.6) is 0 Å². The Morgan fingerprint density at radius 3 is 2.79 bits per heavy atom. The summed E-state index contributed by atoms with van der Waals surface area (Å²) in [5.41, 5.74) is 1.15. The molecule has 1 saturated heterocycles. The second kappa shape index (κ2) is 5.05. The number of amides is 1. The Morgan fingerprint density at radius 1 is 1.53 bits per heavy atom. The van der Waals surface area contributed by atoms with E-state index in [4.69, 9.17) is 11.6 Å². The van der Waals surface area contributed by atoms with Crippen molar-refractivity contribution < 1.29 is 17.1 Å². The standard InChI is InChI=1S/C11H12ClFN2O3S/c1-7-9(2-3-10(12)14-7)15-5-8(4-11(15)16)6-19(13,17)18/h2-3,8H,4-6H2,1H3. The van der Waals surface area contributed by atoms with E-state index in [1.165, 1.54) is 4.90 Å².